The van der Waals surface area contributed by atoms with Crippen LogP contribution >= 0.6 is 13.5 Å². The van der Waals surface area contributed by atoms with Crippen LogP contribution in [0.2, 0.25) is 0 Å². The van der Waals surface area contributed by atoms with Gasteiger partial charge in [-0.2, -0.15) is 13.5 Å². The summed E-state index contributed by atoms with van der Waals surface area (Å²) in [7, 11) is 6.71. The van der Waals surface area contributed by atoms with Crippen molar-refractivity contribution in [1.29, 1.82) is 0 Å². The highest BCUT2D eigenvalue weighted by molar-refractivity contribution is 7.59. The number of nitrogens with one attached hydrogen (secondary N) is 1. The minimum Gasteiger partial charge on any atom is -0.493 e. The Kier molecular flexibility index (Phi) is 12.0. The normalized spacial score (nSPS) is 19.5. The number of likely N-dealkylation sites (N-methyl/N-ethyl adjacent to an activating group) is 1. The van der Waals surface area contributed by atoms with Gasteiger partial charge in [0, 0.05) is 25.6 Å². The fourth-order valence-electron chi connectivity index (χ4n) is 5.15. The van der Waals surface area contributed by atoms with E-state index >= 15 is 0 Å². The third-order valence-corrected chi connectivity index (χ3v) is 6.95. The standard InChI is InChI=1S/C26H36N4O5.2CH4.H2S/c1-14(2)23-26(31)29-22-15(3)27-21(28-25(22)30(23)4)10-16-8-17(9-16)13-35-18-11-19(32-5)24(34-7)20(12-18)33-6;;;/h11-12,14,16-17,23H,8-10,13H2,1-7H3,(H,29,31);2*1H4;1H2/t16?,17?,23-;;;/m0.../s1. The summed E-state index contributed by atoms with van der Waals surface area (Å²) in [5.74, 6) is 5.23. The molecule has 0 unspecified atom stereocenters. The first-order chi connectivity index (χ1) is 16.7. The molecule has 2 aliphatic rings. The third kappa shape index (κ3) is 6.57. The summed E-state index contributed by atoms with van der Waals surface area (Å²) in [4.78, 5) is 24.1. The lowest BCUT2D eigenvalue weighted by atomic mass is 9.73. The Morgan fingerprint density at radius 3 is 2.16 bits per heavy atom. The number of benzene rings is 1. The van der Waals surface area contributed by atoms with Crippen LogP contribution < -0.4 is 29.2 Å². The Morgan fingerprint density at radius 2 is 1.63 bits per heavy atom. The molecule has 2 aromatic rings. The first kappa shape index (κ1) is 33.1. The number of anilines is 2. The number of aryl methyl sites for hydroxylation is 1. The van der Waals surface area contributed by atoms with Crippen molar-refractivity contribution in [2.75, 3.05) is 45.2 Å². The molecule has 0 spiro atoms. The van der Waals surface area contributed by atoms with Crippen molar-refractivity contribution < 1.29 is 23.7 Å². The molecule has 1 amide bonds. The first-order valence-electron chi connectivity index (χ1n) is 12.1. The lowest BCUT2D eigenvalue weighted by Gasteiger charge is -2.38. The van der Waals surface area contributed by atoms with Gasteiger partial charge in [-0.15, -0.1) is 0 Å². The van der Waals surface area contributed by atoms with Crippen LogP contribution in [0.5, 0.6) is 23.0 Å². The van der Waals surface area contributed by atoms with Gasteiger partial charge in [0.05, 0.1) is 33.6 Å². The number of hydrogen-bond acceptors (Lipinski definition) is 8. The molecule has 1 fully saturated rings. The van der Waals surface area contributed by atoms with E-state index in [0.29, 0.717) is 41.4 Å². The molecular formula is C28H46N4O5S. The van der Waals surface area contributed by atoms with Crippen LogP contribution in [0, 0.1) is 24.7 Å². The van der Waals surface area contributed by atoms with Gasteiger partial charge in [-0.25, -0.2) is 9.97 Å². The van der Waals surface area contributed by atoms with Crippen molar-refractivity contribution in [1.82, 2.24) is 9.97 Å². The average molecular weight is 551 g/mol. The summed E-state index contributed by atoms with van der Waals surface area (Å²) in [6, 6.07) is 3.41. The molecule has 10 heteroatoms. The zero-order valence-electron chi connectivity index (χ0n) is 22.2. The number of carbonyl (C=O) groups is 1. The molecule has 1 aromatic heterocycles. The molecule has 0 saturated heterocycles. The number of carbonyl (C=O) groups excluding carboxylic acids is 1. The number of nitrogens with zero attached hydrogens (tertiary/aromatic N) is 3. The molecule has 1 aliphatic carbocycles. The number of rotatable bonds is 9. The van der Waals surface area contributed by atoms with Crippen molar-refractivity contribution in [3.8, 4) is 23.0 Å². The molecule has 0 radical (unpaired) electrons. The van der Waals surface area contributed by atoms with Gasteiger partial charge < -0.3 is 29.2 Å². The minimum atomic E-state index is -0.231. The van der Waals surface area contributed by atoms with Gasteiger partial charge in [0.15, 0.2) is 17.3 Å². The van der Waals surface area contributed by atoms with Gasteiger partial charge in [0.25, 0.3) is 0 Å². The van der Waals surface area contributed by atoms with Gasteiger partial charge in [-0.1, -0.05) is 28.7 Å². The molecule has 38 heavy (non-hydrogen) atoms. The summed E-state index contributed by atoms with van der Waals surface area (Å²) in [6.07, 6.45) is 2.94. The second kappa shape index (κ2) is 13.8. The van der Waals surface area contributed by atoms with Gasteiger partial charge in [-0.05, 0) is 37.5 Å². The molecule has 1 aliphatic heterocycles. The number of methoxy groups -OCH3 is 3. The fraction of sp³-hybridized carbons (Fsp3) is 0.607. The highest BCUT2D eigenvalue weighted by atomic mass is 32.1. The summed E-state index contributed by atoms with van der Waals surface area (Å²) < 4.78 is 22.2. The first-order valence-corrected chi connectivity index (χ1v) is 12.1. The van der Waals surface area contributed by atoms with Crippen LogP contribution in [0.3, 0.4) is 0 Å². The predicted octanol–water partition coefficient (Wildman–Crippen LogP) is 5.26. The number of ether oxygens (including phenoxy) is 4. The van der Waals surface area contributed by atoms with E-state index in [1.54, 1.807) is 21.3 Å². The fourth-order valence-corrected chi connectivity index (χ4v) is 5.15. The Bertz CT molecular complexity index is 1070. The van der Waals surface area contributed by atoms with E-state index in [1.807, 2.05) is 31.0 Å². The number of aromatic nitrogens is 2. The number of amides is 1. The maximum absolute atomic E-state index is 12.5. The van der Waals surface area contributed by atoms with Gasteiger partial charge in [0.2, 0.25) is 11.7 Å². The van der Waals surface area contributed by atoms with Crippen molar-refractivity contribution in [3.63, 3.8) is 0 Å². The van der Waals surface area contributed by atoms with Crippen LogP contribution in [0.1, 0.15) is 53.1 Å². The monoisotopic (exact) mass is 550 g/mol. The SMILES string of the molecule is C.C.COc1cc(OCC2CC(Cc3nc(C)c4c(n3)N(C)[C@@H](C(C)C)C(=O)N4)C2)cc(OC)c1OC.S. The maximum Gasteiger partial charge on any atom is 0.247 e. The third-order valence-electron chi connectivity index (χ3n) is 6.95. The van der Waals surface area contributed by atoms with E-state index in [9.17, 15) is 4.79 Å². The average Bonchev–Trinajstić information content (AvgIpc) is 2.80. The zero-order chi connectivity index (χ0) is 25.3. The van der Waals surface area contributed by atoms with E-state index in [1.165, 1.54) is 0 Å². The topological polar surface area (TPSA) is 95.0 Å². The molecule has 2 heterocycles. The molecular weight excluding hydrogens is 504 g/mol. The zero-order valence-corrected chi connectivity index (χ0v) is 23.2. The lowest BCUT2D eigenvalue weighted by molar-refractivity contribution is -0.118. The van der Waals surface area contributed by atoms with Crippen LogP contribution in [0.4, 0.5) is 11.5 Å². The molecule has 0 bridgehead atoms. The van der Waals surface area contributed by atoms with E-state index in [0.717, 1.165) is 42.3 Å². The highest BCUT2D eigenvalue weighted by Gasteiger charge is 2.36. The van der Waals surface area contributed by atoms with Crippen LogP contribution in [0.25, 0.3) is 0 Å². The minimum absolute atomic E-state index is 0. The largest absolute Gasteiger partial charge is 0.493 e. The van der Waals surface area contributed by atoms with E-state index in [4.69, 9.17) is 28.9 Å². The Labute approximate surface area is 235 Å². The second-order valence-corrected chi connectivity index (χ2v) is 9.79. The Hall–Kier alpha value is -2.88. The van der Waals surface area contributed by atoms with Crippen molar-refractivity contribution in [2.45, 2.75) is 60.9 Å². The Morgan fingerprint density at radius 1 is 1.03 bits per heavy atom. The van der Waals surface area contributed by atoms with E-state index in [-0.39, 0.29) is 46.2 Å². The summed E-state index contributed by atoms with van der Waals surface area (Å²) in [5.41, 5.74) is 1.54. The van der Waals surface area contributed by atoms with Crippen molar-refractivity contribution >= 4 is 30.9 Å². The summed E-state index contributed by atoms with van der Waals surface area (Å²) in [5, 5.41) is 3.01. The molecule has 1 saturated carbocycles. The highest BCUT2D eigenvalue weighted by Crippen LogP contribution is 2.42. The van der Waals surface area contributed by atoms with Crippen molar-refractivity contribution in [3.05, 3.63) is 23.7 Å². The van der Waals surface area contributed by atoms with E-state index < -0.39 is 0 Å². The molecule has 4 rings (SSSR count). The van der Waals surface area contributed by atoms with Gasteiger partial charge in [0.1, 0.15) is 23.3 Å². The summed E-state index contributed by atoms with van der Waals surface area (Å²) >= 11 is 0. The van der Waals surface area contributed by atoms with Gasteiger partial charge >= 0.3 is 0 Å². The molecule has 1 atom stereocenters. The quantitative estimate of drug-likeness (QED) is 0.452. The number of hydrogen-bond donors (Lipinski definition) is 1. The smallest absolute Gasteiger partial charge is 0.247 e. The van der Waals surface area contributed by atoms with Crippen LogP contribution in [0.15, 0.2) is 12.1 Å². The van der Waals surface area contributed by atoms with Crippen molar-refractivity contribution in [2.24, 2.45) is 17.8 Å². The maximum atomic E-state index is 12.5. The van der Waals surface area contributed by atoms with Crippen LogP contribution in [-0.2, 0) is 11.2 Å². The van der Waals surface area contributed by atoms with Gasteiger partial charge in [-0.3, -0.25) is 4.79 Å². The molecule has 214 valence electrons. The second-order valence-electron chi connectivity index (χ2n) is 9.79. The lowest BCUT2D eigenvalue weighted by Crippen LogP contribution is -2.49. The molecule has 9 nitrogen and oxygen atoms in total. The predicted molar refractivity (Wildman–Crippen MR) is 158 cm³/mol. The number of fused-ring (bicyclic) bond motifs is 1. The molecule has 1 aromatic carbocycles. The Balaban J connectivity index is 0.00000241. The molecule has 1 N–H and O–H groups in total. The van der Waals surface area contributed by atoms with Crippen LogP contribution in [-0.4, -0.2) is 56.9 Å². The summed E-state index contributed by atoms with van der Waals surface area (Å²) in [6.45, 7) is 6.66. The van der Waals surface area contributed by atoms with E-state index in [2.05, 4.69) is 19.2 Å².